The van der Waals surface area contributed by atoms with Gasteiger partial charge in [0.15, 0.2) is 0 Å². The third-order valence-corrected chi connectivity index (χ3v) is 15.7. The van der Waals surface area contributed by atoms with Crippen molar-refractivity contribution in [3.05, 3.63) is 36.5 Å². The summed E-state index contributed by atoms with van der Waals surface area (Å²) in [5, 5.41) is 23.1. The minimum absolute atomic E-state index is 0.00642. The highest BCUT2D eigenvalue weighted by Crippen LogP contribution is 2.18. The Morgan fingerprint density at radius 2 is 0.667 bits per heavy atom. The number of rotatable bonds is 63. The van der Waals surface area contributed by atoms with E-state index in [2.05, 4.69) is 43.5 Å². The Hall–Kier alpha value is -1.92. The van der Waals surface area contributed by atoms with Crippen molar-refractivity contribution in [1.82, 2.24) is 5.32 Å². The monoisotopic (exact) mass is 1050 g/mol. The minimum atomic E-state index is -0.840. The summed E-state index contributed by atoms with van der Waals surface area (Å²) in [4.78, 5) is 24.5. The van der Waals surface area contributed by atoms with Gasteiger partial charge in [-0.25, -0.2) is 0 Å². The SMILES string of the molecule is CCCCC/C=C\C/C=C\CCCCCCCC(=O)OCCCCCCCCCCCCCCCCCCCCCCCCCCCCCCCCCC(=O)NC(CO)C(O)/C=C/CCCCCCCCCCCC. The van der Waals surface area contributed by atoms with Crippen molar-refractivity contribution < 1.29 is 24.5 Å². The quantitative estimate of drug-likeness (QED) is 0.0320. The lowest BCUT2D eigenvalue weighted by atomic mass is 10.0. The first-order valence-corrected chi connectivity index (χ1v) is 33.8. The van der Waals surface area contributed by atoms with Crippen LogP contribution in [0.2, 0.25) is 0 Å². The van der Waals surface area contributed by atoms with Gasteiger partial charge in [-0.1, -0.05) is 326 Å². The molecule has 0 spiro atoms. The number of esters is 1. The molecule has 3 N–H and O–H groups in total. The van der Waals surface area contributed by atoms with Crippen molar-refractivity contribution in [3.8, 4) is 0 Å². The predicted octanol–water partition coefficient (Wildman–Crippen LogP) is 21.5. The van der Waals surface area contributed by atoms with Crippen LogP contribution in [0.4, 0.5) is 0 Å². The lowest BCUT2D eigenvalue weighted by Crippen LogP contribution is -2.45. The van der Waals surface area contributed by atoms with E-state index in [4.69, 9.17) is 4.74 Å². The molecule has 75 heavy (non-hydrogen) atoms. The van der Waals surface area contributed by atoms with E-state index in [1.807, 2.05) is 6.08 Å². The van der Waals surface area contributed by atoms with E-state index in [1.165, 1.54) is 289 Å². The van der Waals surface area contributed by atoms with E-state index in [0.29, 0.717) is 19.4 Å². The molecular formula is C69H131NO5. The molecule has 0 heterocycles. The van der Waals surface area contributed by atoms with E-state index in [0.717, 1.165) is 51.4 Å². The summed E-state index contributed by atoms with van der Waals surface area (Å²) in [5.74, 6) is -0.0569. The second kappa shape index (κ2) is 64.6. The molecule has 6 heteroatoms. The Balaban J connectivity index is 3.33. The third-order valence-electron chi connectivity index (χ3n) is 15.7. The zero-order valence-corrected chi connectivity index (χ0v) is 50.5. The van der Waals surface area contributed by atoms with Crippen LogP contribution in [0, 0.1) is 0 Å². The largest absolute Gasteiger partial charge is 0.466 e. The number of aliphatic hydroxyl groups is 2. The van der Waals surface area contributed by atoms with Gasteiger partial charge in [-0.05, 0) is 64.2 Å². The van der Waals surface area contributed by atoms with E-state index >= 15 is 0 Å². The number of hydrogen-bond donors (Lipinski definition) is 3. The van der Waals surface area contributed by atoms with Crippen molar-refractivity contribution in [2.24, 2.45) is 0 Å². The van der Waals surface area contributed by atoms with Crippen molar-refractivity contribution in [3.63, 3.8) is 0 Å². The molecule has 2 unspecified atom stereocenters. The van der Waals surface area contributed by atoms with Crippen molar-refractivity contribution in [1.29, 1.82) is 0 Å². The first-order valence-electron chi connectivity index (χ1n) is 33.8. The average molecular weight is 1050 g/mol. The molecule has 0 fully saturated rings. The molecule has 2 atom stereocenters. The van der Waals surface area contributed by atoms with Crippen LogP contribution in [0.1, 0.15) is 367 Å². The molecule has 0 bridgehead atoms. The molecule has 0 aliphatic carbocycles. The molecule has 0 aromatic rings. The fraction of sp³-hybridized carbons (Fsp3) is 0.884. The summed E-state index contributed by atoms with van der Waals surface area (Å²) in [6.07, 6.45) is 82.2. The zero-order chi connectivity index (χ0) is 54.3. The standard InChI is InChI=1S/C69H131NO5/c1-3-5-7-9-11-13-15-17-35-39-43-47-51-55-59-63-69(74)75-64-60-56-52-48-44-40-37-34-32-30-28-26-24-22-20-18-19-21-23-25-27-29-31-33-36-38-42-46-50-54-58-62-68(73)70-66(65-71)67(72)61-57-53-49-45-41-16-14-12-10-8-6-4-2/h11,13,17,35,57,61,66-67,71-72H,3-10,12,14-16,18-34,36-56,58-60,62-65H2,1-2H3,(H,70,73)/b13-11-,35-17-,61-57+. The molecule has 0 rings (SSSR count). The normalized spacial score (nSPS) is 12.7. The zero-order valence-electron chi connectivity index (χ0n) is 50.5. The van der Waals surface area contributed by atoms with Crippen molar-refractivity contribution in [2.75, 3.05) is 13.2 Å². The maximum atomic E-state index is 12.4. The molecule has 0 saturated heterocycles. The molecule has 442 valence electrons. The Morgan fingerprint density at radius 1 is 0.373 bits per heavy atom. The smallest absolute Gasteiger partial charge is 0.305 e. The van der Waals surface area contributed by atoms with Crippen molar-refractivity contribution >= 4 is 11.9 Å². The first kappa shape index (κ1) is 73.1. The Morgan fingerprint density at radius 3 is 1.04 bits per heavy atom. The van der Waals surface area contributed by atoms with Gasteiger partial charge in [0.25, 0.3) is 0 Å². The maximum absolute atomic E-state index is 12.4. The maximum Gasteiger partial charge on any atom is 0.305 e. The average Bonchev–Trinajstić information content (AvgIpc) is 3.41. The van der Waals surface area contributed by atoms with Crippen LogP contribution >= 0.6 is 0 Å². The number of amides is 1. The van der Waals surface area contributed by atoms with Crippen LogP contribution in [0.5, 0.6) is 0 Å². The van der Waals surface area contributed by atoms with Crippen molar-refractivity contribution in [2.45, 2.75) is 379 Å². The second-order valence-corrected chi connectivity index (χ2v) is 23.2. The first-order chi connectivity index (χ1) is 37.0. The molecule has 0 aromatic carbocycles. The molecule has 0 aromatic heterocycles. The number of ether oxygens (including phenoxy) is 1. The molecule has 0 saturated carbocycles. The van der Waals surface area contributed by atoms with Crippen LogP contribution in [-0.2, 0) is 14.3 Å². The van der Waals surface area contributed by atoms with E-state index < -0.39 is 12.1 Å². The highest BCUT2D eigenvalue weighted by molar-refractivity contribution is 5.76. The van der Waals surface area contributed by atoms with Gasteiger partial charge in [0.2, 0.25) is 5.91 Å². The van der Waals surface area contributed by atoms with Crippen LogP contribution < -0.4 is 5.32 Å². The van der Waals surface area contributed by atoms with Gasteiger partial charge in [-0.3, -0.25) is 9.59 Å². The molecule has 1 amide bonds. The number of hydrogen-bond acceptors (Lipinski definition) is 5. The summed E-state index contributed by atoms with van der Waals surface area (Å²) in [5.41, 5.74) is 0. The van der Waals surface area contributed by atoms with Crippen LogP contribution in [0.25, 0.3) is 0 Å². The minimum Gasteiger partial charge on any atom is -0.466 e. The number of unbranched alkanes of at least 4 members (excludes halogenated alkanes) is 48. The summed E-state index contributed by atoms with van der Waals surface area (Å²) in [6, 6.07) is -0.623. The Labute approximate surface area is 468 Å². The fourth-order valence-corrected chi connectivity index (χ4v) is 10.5. The number of nitrogens with one attached hydrogen (secondary N) is 1. The van der Waals surface area contributed by atoms with Crippen LogP contribution in [0.15, 0.2) is 36.5 Å². The van der Waals surface area contributed by atoms with Gasteiger partial charge in [-0.15, -0.1) is 0 Å². The Bertz CT molecular complexity index is 1210. The van der Waals surface area contributed by atoms with E-state index in [9.17, 15) is 19.8 Å². The van der Waals surface area contributed by atoms with Gasteiger partial charge in [0, 0.05) is 12.8 Å². The van der Waals surface area contributed by atoms with Gasteiger partial charge in [0.05, 0.1) is 25.4 Å². The van der Waals surface area contributed by atoms with Gasteiger partial charge < -0.3 is 20.3 Å². The second-order valence-electron chi connectivity index (χ2n) is 23.2. The summed E-state index contributed by atoms with van der Waals surface area (Å²) >= 11 is 0. The number of aliphatic hydroxyl groups excluding tert-OH is 2. The molecule has 6 nitrogen and oxygen atoms in total. The lowest BCUT2D eigenvalue weighted by Gasteiger charge is -2.20. The highest BCUT2D eigenvalue weighted by Gasteiger charge is 2.18. The summed E-state index contributed by atoms with van der Waals surface area (Å²) in [7, 11) is 0. The number of carbonyl (C=O) groups is 2. The van der Waals surface area contributed by atoms with Gasteiger partial charge >= 0.3 is 5.97 Å². The highest BCUT2D eigenvalue weighted by atomic mass is 16.5. The number of allylic oxidation sites excluding steroid dienone is 5. The summed E-state index contributed by atoms with van der Waals surface area (Å²) < 4.78 is 5.49. The van der Waals surface area contributed by atoms with Gasteiger partial charge in [0.1, 0.15) is 0 Å². The van der Waals surface area contributed by atoms with E-state index in [1.54, 1.807) is 6.08 Å². The Kier molecular flexibility index (Phi) is 63.0. The van der Waals surface area contributed by atoms with Gasteiger partial charge in [-0.2, -0.15) is 0 Å². The van der Waals surface area contributed by atoms with E-state index in [-0.39, 0.29) is 18.5 Å². The van der Waals surface area contributed by atoms with Crippen LogP contribution in [-0.4, -0.2) is 47.4 Å². The predicted molar refractivity (Wildman–Crippen MR) is 329 cm³/mol. The third kappa shape index (κ3) is 61.2. The molecule has 0 aliphatic heterocycles. The molecule has 0 aliphatic rings. The fourth-order valence-electron chi connectivity index (χ4n) is 10.5. The topological polar surface area (TPSA) is 95.9 Å². The molecular weight excluding hydrogens is 923 g/mol. The summed E-state index contributed by atoms with van der Waals surface area (Å²) in [6.45, 7) is 4.88. The molecule has 0 radical (unpaired) electrons. The van der Waals surface area contributed by atoms with Crippen LogP contribution in [0.3, 0.4) is 0 Å². The lowest BCUT2D eigenvalue weighted by molar-refractivity contribution is -0.143. The number of carbonyl (C=O) groups excluding carboxylic acids is 2.